The first-order valence-electron chi connectivity index (χ1n) is 7.70. The SMILES string of the molecule is CCSCCCNCC(NC(=O)OC(C)(C)C)C1CC1. The number of alkyl carbamates (subject to hydrolysis) is 1. The van der Waals surface area contributed by atoms with Crippen LogP contribution in [0.25, 0.3) is 0 Å². The van der Waals surface area contributed by atoms with Crippen LogP contribution in [0.5, 0.6) is 0 Å². The topological polar surface area (TPSA) is 50.4 Å². The van der Waals surface area contributed by atoms with Crippen molar-refractivity contribution in [1.29, 1.82) is 0 Å². The number of carbonyl (C=O) groups excluding carboxylic acids is 1. The Hall–Kier alpha value is -0.420. The molecule has 0 bridgehead atoms. The summed E-state index contributed by atoms with van der Waals surface area (Å²) in [5.41, 5.74) is -0.428. The van der Waals surface area contributed by atoms with Crippen molar-refractivity contribution in [3.63, 3.8) is 0 Å². The molecule has 1 amide bonds. The summed E-state index contributed by atoms with van der Waals surface area (Å²) in [7, 11) is 0. The van der Waals surface area contributed by atoms with Crippen LogP contribution in [0, 0.1) is 5.92 Å². The summed E-state index contributed by atoms with van der Waals surface area (Å²) in [6, 6.07) is 0.212. The van der Waals surface area contributed by atoms with E-state index in [0.717, 1.165) is 13.1 Å². The highest BCUT2D eigenvalue weighted by Gasteiger charge is 2.32. The summed E-state index contributed by atoms with van der Waals surface area (Å²) in [6.07, 6.45) is 3.32. The monoisotopic (exact) mass is 302 g/mol. The molecule has 1 atom stereocenters. The average molecular weight is 302 g/mol. The molecule has 1 aliphatic rings. The van der Waals surface area contributed by atoms with Gasteiger partial charge in [0, 0.05) is 12.6 Å². The van der Waals surface area contributed by atoms with Crippen LogP contribution in [-0.4, -0.2) is 42.3 Å². The van der Waals surface area contributed by atoms with E-state index in [0.29, 0.717) is 5.92 Å². The Kier molecular flexibility index (Phi) is 7.74. The summed E-state index contributed by atoms with van der Waals surface area (Å²) in [5.74, 6) is 3.02. The van der Waals surface area contributed by atoms with Crippen molar-refractivity contribution in [2.75, 3.05) is 24.6 Å². The molecule has 0 heterocycles. The van der Waals surface area contributed by atoms with E-state index in [1.54, 1.807) is 0 Å². The third-order valence-electron chi connectivity index (χ3n) is 3.10. The molecule has 0 aromatic carbocycles. The van der Waals surface area contributed by atoms with Gasteiger partial charge in [0.2, 0.25) is 0 Å². The zero-order chi connectivity index (χ0) is 15.0. The maximum atomic E-state index is 11.8. The second-order valence-electron chi connectivity index (χ2n) is 6.34. The van der Waals surface area contributed by atoms with Crippen LogP contribution < -0.4 is 10.6 Å². The van der Waals surface area contributed by atoms with Gasteiger partial charge in [-0.15, -0.1) is 0 Å². The van der Waals surface area contributed by atoms with E-state index in [1.807, 2.05) is 32.5 Å². The normalized spacial score (nSPS) is 16.8. The van der Waals surface area contributed by atoms with Gasteiger partial charge in [0.05, 0.1) is 0 Å². The summed E-state index contributed by atoms with van der Waals surface area (Å²) in [4.78, 5) is 11.8. The Morgan fingerprint density at radius 3 is 2.65 bits per heavy atom. The van der Waals surface area contributed by atoms with Gasteiger partial charge in [-0.1, -0.05) is 6.92 Å². The van der Waals surface area contributed by atoms with Crippen LogP contribution in [0.1, 0.15) is 47.0 Å². The number of ether oxygens (including phenoxy) is 1. The fraction of sp³-hybridized carbons (Fsp3) is 0.933. The quantitative estimate of drug-likeness (QED) is 0.643. The third kappa shape index (κ3) is 8.69. The second-order valence-corrected chi connectivity index (χ2v) is 7.74. The predicted octanol–water partition coefficient (Wildman–Crippen LogP) is 3.02. The molecule has 118 valence electrons. The number of thioether (sulfide) groups is 1. The van der Waals surface area contributed by atoms with Gasteiger partial charge in [0.15, 0.2) is 0 Å². The smallest absolute Gasteiger partial charge is 0.407 e. The number of hydrogen-bond donors (Lipinski definition) is 2. The standard InChI is InChI=1S/C15H30N2O2S/c1-5-20-10-6-9-16-11-13(12-7-8-12)17-14(18)19-15(2,3)4/h12-13,16H,5-11H2,1-4H3,(H,17,18). The van der Waals surface area contributed by atoms with Crippen LogP contribution in [0.15, 0.2) is 0 Å². The van der Waals surface area contributed by atoms with Crippen LogP contribution in [-0.2, 0) is 4.74 Å². The van der Waals surface area contributed by atoms with Gasteiger partial charge in [-0.25, -0.2) is 4.79 Å². The lowest BCUT2D eigenvalue weighted by atomic mass is 10.2. The summed E-state index contributed by atoms with van der Waals surface area (Å²) in [6.45, 7) is 9.73. The van der Waals surface area contributed by atoms with Crippen LogP contribution in [0.3, 0.4) is 0 Å². The van der Waals surface area contributed by atoms with Gasteiger partial charge in [0.1, 0.15) is 5.60 Å². The van der Waals surface area contributed by atoms with E-state index >= 15 is 0 Å². The maximum absolute atomic E-state index is 11.8. The summed E-state index contributed by atoms with van der Waals surface area (Å²) < 4.78 is 5.32. The first-order valence-corrected chi connectivity index (χ1v) is 8.86. The van der Waals surface area contributed by atoms with Gasteiger partial charge >= 0.3 is 6.09 Å². The minimum Gasteiger partial charge on any atom is -0.444 e. The molecule has 0 radical (unpaired) electrons. The molecule has 0 aliphatic heterocycles. The number of hydrogen-bond acceptors (Lipinski definition) is 4. The van der Waals surface area contributed by atoms with E-state index in [9.17, 15) is 4.79 Å². The first kappa shape index (κ1) is 17.6. The van der Waals surface area contributed by atoms with Crippen LogP contribution >= 0.6 is 11.8 Å². The summed E-state index contributed by atoms with van der Waals surface area (Å²) in [5, 5.41) is 6.46. The Morgan fingerprint density at radius 2 is 2.10 bits per heavy atom. The van der Waals surface area contributed by atoms with Crippen LogP contribution in [0.2, 0.25) is 0 Å². The molecule has 1 aliphatic carbocycles. The lowest BCUT2D eigenvalue weighted by Gasteiger charge is -2.24. The fourth-order valence-corrected chi connectivity index (χ4v) is 2.63. The molecule has 0 saturated heterocycles. The predicted molar refractivity (Wildman–Crippen MR) is 86.4 cm³/mol. The molecule has 5 heteroatoms. The third-order valence-corrected chi connectivity index (χ3v) is 4.09. The van der Waals surface area contributed by atoms with E-state index < -0.39 is 5.60 Å². The Morgan fingerprint density at radius 1 is 1.40 bits per heavy atom. The van der Waals surface area contributed by atoms with E-state index in [-0.39, 0.29) is 12.1 Å². The highest BCUT2D eigenvalue weighted by molar-refractivity contribution is 7.99. The lowest BCUT2D eigenvalue weighted by molar-refractivity contribution is 0.0497. The van der Waals surface area contributed by atoms with E-state index in [2.05, 4.69) is 17.6 Å². The zero-order valence-corrected chi connectivity index (χ0v) is 14.1. The van der Waals surface area contributed by atoms with Gasteiger partial charge in [-0.3, -0.25) is 0 Å². The molecular formula is C15H30N2O2S. The minimum atomic E-state index is -0.428. The van der Waals surface area contributed by atoms with Gasteiger partial charge in [-0.05, 0) is 64.0 Å². The number of rotatable bonds is 9. The molecule has 1 rings (SSSR count). The molecular weight excluding hydrogens is 272 g/mol. The Balaban J connectivity index is 2.18. The molecule has 0 aromatic heterocycles. The zero-order valence-electron chi connectivity index (χ0n) is 13.3. The maximum Gasteiger partial charge on any atom is 0.407 e. The van der Waals surface area contributed by atoms with Crippen molar-refractivity contribution >= 4 is 17.9 Å². The molecule has 1 unspecified atom stereocenters. The van der Waals surface area contributed by atoms with Crippen molar-refractivity contribution in [3.8, 4) is 0 Å². The lowest BCUT2D eigenvalue weighted by Crippen LogP contribution is -2.45. The van der Waals surface area contributed by atoms with Crippen molar-refractivity contribution in [2.24, 2.45) is 5.92 Å². The van der Waals surface area contributed by atoms with Gasteiger partial charge < -0.3 is 15.4 Å². The molecule has 1 saturated carbocycles. The molecule has 4 nitrogen and oxygen atoms in total. The molecule has 0 spiro atoms. The van der Waals surface area contributed by atoms with Crippen LogP contribution in [0.4, 0.5) is 4.79 Å². The minimum absolute atomic E-state index is 0.212. The van der Waals surface area contributed by atoms with Crippen molar-refractivity contribution in [1.82, 2.24) is 10.6 Å². The molecule has 0 aromatic rings. The first-order chi connectivity index (χ1) is 9.42. The fourth-order valence-electron chi connectivity index (χ4n) is 1.99. The van der Waals surface area contributed by atoms with Crippen molar-refractivity contribution in [2.45, 2.75) is 58.6 Å². The highest BCUT2D eigenvalue weighted by atomic mass is 32.2. The Bertz CT molecular complexity index is 288. The number of amides is 1. The van der Waals surface area contributed by atoms with E-state index in [4.69, 9.17) is 4.74 Å². The van der Waals surface area contributed by atoms with Gasteiger partial charge in [0.25, 0.3) is 0 Å². The summed E-state index contributed by atoms with van der Waals surface area (Å²) >= 11 is 1.97. The number of carbonyl (C=O) groups is 1. The number of nitrogens with one attached hydrogen (secondary N) is 2. The van der Waals surface area contributed by atoms with Crippen molar-refractivity contribution < 1.29 is 9.53 Å². The average Bonchev–Trinajstić information content (AvgIpc) is 3.13. The second kappa shape index (κ2) is 8.78. The largest absolute Gasteiger partial charge is 0.444 e. The van der Waals surface area contributed by atoms with Gasteiger partial charge in [-0.2, -0.15) is 11.8 Å². The molecule has 1 fully saturated rings. The Labute approximate surface area is 127 Å². The van der Waals surface area contributed by atoms with E-state index in [1.165, 1.54) is 30.8 Å². The molecule has 20 heavy (non-hydrogen) atoms. The van der Waals surface area contributed by atoms with Crippen molar-refractivity contribution in [3.05, 3.63) is 0 Å². The highest BCUT2D eigenvalue weighted by Crippen LogP contribution is 2.32. The molecule has 2 N–H and O–H groups in total.